The Morgan fingerprint density at radius 1 is 0.909 bits per heavy atom. The van der Waals surface area contributed by atoms with Gasteiger partial charge < -0.3 is 19.5 Å². The van der Waals surface area contributed by atoms with Crippen LogP contribution in [-0.4, -0.2) is 33.0 Å². The number of hydrogen-bond acceptors (Lipinski definition) is 5. The number of halogens is 2. The number of nitrogens with one attached hydrogen (secondary N) is 1. The number of carbonyl (C=O) groups is 2. The summed E-state index contributed by atoms with van der Waals surface area (Å²) in [6.45, 7) is 0. The molecule has 0 aromatic heterocycles. The van der Waals surface area contributed by atoms with E-state index < -0.39 is 0 Å². The van der Waals surface area contributed by atoms with E-state index in [0.717, 1.165) is 0 Å². The summed E-state index contributed by atoms with van der Waals surface area (Å²) in [6.07, 6.45) is 3.03. The Kier molecular flexibility index (Phi) is 8.14. The van der Waals surface area contributed by atoms with E-state index in [1.54, 1.807) is 60.7 Å². The molecule has 0 fully saturated rings. The quantitative estimate of drug-likeness (QED) is 0.274. The van der Waals surface area contributed by atoms with Crippen LogP contribution in [0.3, 0.4) is 0 Å². The van der Waals surface area contributed by atoms with E-state index in [0.29, 0.717) is 49.1 Å². The van der Waals surface area contributed by atoms with E-state index in [1.165, 1.54) is 27.4 Å². The monoisotopic (exact) mass is 529 g/mol. The van der Waals surface area contributed by atoms with Crippen LogP contribution in [0.15, 0.2) is 65.1 Å². The molecule has 0 heterocycles. The standard InChI is InChI=1S/C25H21BrClNO5/c1-31-21-14-22(32-2)23(26)24(33-3)19(21)10-11-20(29)15-6-5-9-18(13-15)28-25(30)16-7-4-8-17(27)12-16/h4-14H,1-3H3,(H,28,30)/b11-10+. The number of carbonyl (C=O) groups excluding carboxylic acids is 2. The van der Waals surface area contributed by atoms with Crippen LogP contribution in [0.4, 0.5) is 5.69 Å². The summed E-state index contributed by atoms with van der Waals surface area (Å²) < 4.78 is 16.8. The molecule has 0 aliphatic rings. The van der Waals surface area contributed by atoms with Crippen LogP contribution in [0.1, 0.15) is 26.3 Å². The SMILES string of the molecule is COc1cc(OC)c(/C=C/C(=O)c2cccc(NC(=O)c3cccc(Cl)c3)c2)c(OC)c1Br. The number of methoxy groups -OCH3 is 3. The van der Waals surface area contributed by atoms with Gasteiger partial charge in [0.05, 0.1) is 26.9 Å². The van der Waals surface area contributed by atoms with Gasteiger partial charge >= 0.3 is 0 Å². The van der Waals surface area contributed by atoms with Gasteiger partial charge in [0, 0.05) is 27.9 Å². The third-order valence-corrected chi connectivity index (χ3v) is 5.71. The normalized spacial score (nSPS) is 10.7. The molecule has 0 saturated heterocycles. The van der Waals surface area contributed by atoms with E-state index in [1.807, 2.05) is 0 Å². The van der Waals surface area contributed by atoms with Crippen molar-refractivity contribution in [2.45, 2.75) is 0 Å². The average molecular weight is 531 g/mol. The molecule has 0 atom stereocenters. The first kappa shape index (κ1) is 24.4. The molecule has 3 aromatic carbocycles. The van der Waals surface area contributed by atoms with E-state index in [9.17, 15) is 9.59 Å². The van der Waals surface area contributed by atoms with Crippen molar-refractivity contribution in [1.29, 1.82) is 0 Å². The molecule has 0 aliphatic carbocycles. The Bertz CT molecular complexity index is 1230. The molecular formula is C25H21BrClNO5. The highest BCUT2D eigenvalue weighted by molar-refractivity contribution is 9.10. The molecule has 3 rings (SSSR count). The lowest BCUT2D eigenvalue weighted by atomic mass is 10.1. The Morgan fingerprint density at radius 2 is 1.61 bits per heavy atom. The Balaban J connectivity index is 1.84. The summed E-state index contributed by atoms with van der Waals surface area (Å²) in [6, 6.07) is 15.0. The second kappa shape index (κ2) is 11.0. The number of benzene rings is 3. The van der Waals surface area contributed by atoms with E-state index in [2.05, 4.69) is 21.2 Å². The maximum Gasteiger partial charge on any atom is 0.255 e. The summed E-state index contributed by atoms with van der Waals surface area (Å²) in [5, 5.41) is 3.24. The molecule has 1 amide bonds. The number of hydrogen-bond donors (Lipinski definition) is 1. The van der Waals surface area contributed by atoms with Crippen molar-refractivity contribution in [3.63, 3.8) is 0 Å². The number of anilines is 1. The Labute approximate surface area is 205 Å². The van der Waals surface area contributed by atoms with Gasteiger partial charge in [0.15, 0.2) is 5.78 Å². The minimum Gasteiger partial charge on any atom is -0.496 e. The zero-order valence-corrected chi connectivity index (χ0v) is 20.5. The molecule has 3 aromatic rings. The topological polar surface area (TPSA) is 73.9 Å². The van der Waals surface area contributed by atoms with E-state index in [4.69, 9.17) is 25.8 Å². The van der Waals surface area contributed by atoms with Crippen molar-refractivity contribution in [3.05, 3.63) is 86.9 Å². The highest BCUT2D eigenvalue weighted by atomic mass is 79.9. The van der Waals surface area contributed by atoms with Gasteiger partial charge in [-0.3, -0.25) is 9.59 Å². The van der Waals surface area contributed by atoms with Crippen LogP contribution >= 0.6 is 27.5 Å². The molecule has 1 N–H and O–H groups in total. The van der Waals surface area contributed by atoms with Crippen LogP contribution in [-0.2, 0) is 0 Å². The maximum atomic E-state index is 12.8. The van der Waals surface area contributed by atoms with Crippen molar-refractivity contribution < 1.29 is 23.8 Å². The van der Waals surface area contributed by atoms with Crippen molar-refractivity contribution in [1.82, 2.24) is 0 Å². The van der Waals surface area contributed by atoms with Gasteiger partial charge in [0.25, 0.3) is 5.91 Å². The van der Waals surface area contributed by atoms with Gasteiger partial charge in [-0.05, 0) is 58.4 Å². The molecule has 8 heteroatoms. The summed E-state index contributed by atoms with van der Waals surface area (Å²) in [4.78, 5) is 25.3. The van der Waals surface area contributed by atoms with Crippen molar-refractivity contribution in [2.75, 3.05) is 26.6 Å². The summed E-state index contributed by atoms with van der Waals surface area (Å²) in [5.41, 5.74) is 1.89. The fraction of sp³-hybridized carbons (Fsp3) is 0.120. The third-order valence-electron chi connectivity index (χ3n) is 4.73. The average Bonchev–Trinajstić information content (AvgIpc) is 2.82. The summed E-state index contributed by atoms with van der Waals surface area (Å²) in [7, 11) is 4.58. The molecule has 0 radical (unpaired) electrons. The predicted molar refractivity (Wildman–Crippen MR) is 133 cm³/mol. The van der Waals surface area contributed by atoms with Gasteiger partial charge in [0.1, 0.15) is 21.7 Å². The van der Waals surface area contributed by atoms with Crippen molar-refractivity contribution >= 4 is 51.0 Å². The van der Waals surface area contributed by atoms with Gasteiger partial charge in [-0.1, -0.05) is 29.8 Å². The number of rotatable bonds is 8. The molecule has 0 spiro atoms. The first-order valence-electron chi connectivity index (χ1n) is 9.75. The smallest absolute Gasteiger partial charge is 0.255 e. The first-order valence-corrected chi connectivity index (χ1v) is 10.9. The Hall–Kier alpha value is -3.29. The molecule has 0 unspecified atom stereocenters. The van der Waals surface area contributed by atoms with E-state index >= 15 is 0 Å². The lowest BCUT2D eigenvalue weighted by Gasteiger charge is -2.15. The molecule has 0 saturated carbocycles. The van der Waals surface area contributed by atoms with Gasteiger partial charge in [0.2, 0.25) is 0 Å². The van der Waals surface area contributed by atoms with Gasteiger partial charge in [-0.15, -0.1) is 0 Å². The molecular weight excluding hydrogens is 510 g/mol. The number of ketones is 1. The third kappa shape index (κ3) is 5.74. The second-order valence-electron chi connectivity index (χ2n) is 6.78. The van der Waals surface area contributed by atoms with Crippen LogP contribution in [0.5, 0.6) is 17.2 Å². The molecule has 170 valence electrons. The minimum atomic E-state index is -0.324. The zero-order valence-electron chi connectivity index (χ0n) is 18.1. The number of amides is 1. The zero-order chi connectivity index (χ0) is 24.0. The fourth-order valence-corrected chi connectivity index (χ4v) is 3.96. The van der Waals surface area contributed by atoms with Gasteiger partial charge in [-0.25, -0.2) is 0 Å². The maximum absolute atomic E-state index is 12.8. The van der Waals surface area contributed by atoms with Gasteiger partial charge in [-0.2, -0.15) is 0 Å². The highest BCUT2D eigenvalue weighted by Crippen LogP contribution is 2.43. The molecule has 0 bridgehead atoms. The number of ether oxygens (including phenoxy) is 3. The molecule has 33 heavy (non-hydrogen) atoms. The predicted octanol–water partition coefficient (Wildman–Crippen LogP) is 6.28. The summed E-state index contributed by atoms with van der Waals surface area (Å²) >= 11 is 9.40. The lowest BCUT2D eigenvalue weighted by Crippen LogP contribution is -2.12. The largest absolute Gasteiger partial charge is 0.496 e. The lowest BCUT2D eigenvalue weighted by molar-refractivity contribution is 0.102. The Morgan fingerprint density at radius 3 is 2.27 bits per heavy atom. The fourth-order valence-electron chi connectivity index (χ4n) is 3.12. The molecule has 0 aliphatic heterocycles. The number of allylic oxidation sites excluding steroid dienone is 1. The second-order valence-corrected chi connectivity index (χ2v) is 8.01. The minimum absolute atomic E-state index is 0.259. The van der Waals surface area contributed by atoms with Crippen molar-refractivity contribution in [3.8, 4) is 17.2 Å². The van der Waals surface area contributed by atoms with Crippen LogP contribution < -0.4 is 19.5 Å². The van der Waals surface area contributed by atoms with E-state index in [-0.39, 0.29) is 11.7 Å². The van der Waals surface area contributed by atoms with Crippen LogP contribution in [0.25, 0.3) is 6.08 Å². The van der Waals surface area contributed by atoms with Crippen LogP contribution in [0, 0.1) is 0 Å². The highest BCUT2D eigenvalue weighted by Gasteiger charge is 2.17. The first-order chi connectivity index (χ1) is 15.9. The summed E-state index contributed by atoms with van der Waals surface area (Å²) in [5.74, 6) is 0.909. The van der Waals surface area contributed by atoms with Crippen molar-refractivity contribution in [2.24, 2.45) is 0 Å². The molecule has 6 nitrogen and oxygen atoms in total. The van der Waals surface area contributed by atoms with Crippen LogP contribution in [0.2, 0.25) is 5.02 Å².